The molecule has 78 valence electrons. The number of aryl methyl sites for hydroxylation is 1. The molecule has 0 amide bonds. The highest BCUT2D eigenvalue weighted by Gasteiger charge is 2.20. The molecule has 2 aromatic rings. The number of ketones is 1. The summed E-state index contributed by atoms with van der Waals surface area (Å²) in [5.41, 5.74) is 0.745. The molecule has 0 radical (unpaired) electrons. The maximum absolute atomic E-state index is 12.0. The lowest BCUT2D eigenvalue weighted by Crippen LogP contribution is -2.00. The first-order valence-electron chi connectivity index (χ1n) is 4.33. The number of aromatic nitrogens is 2. The fraction of sp³-hybridized carbons (Fsp3) is 0.222. The first kappa shape index (κ1) is 10.7. The van der Waals surface area contributed by atoms with E-state index in [0.717, 1.165) is 17.2 Å². The van der Waals surface area contributed by atoms with Crippen LogP contribution in [0.5, 0.6) is 0 Å². The van der Waals surface area contributed by atoms with E-state index in [1.54, 1.807) is 11.4 Å². The van der Waals surface area contributed by atoms with Gasteiger partial charge in [-0.25, -0.2) is 0 Å². The highest BCUT2D eigenvalue weighted by Crippen LogP contribution is 2.27. The number of carbonyl (C=O) groups is 1. The monoisotopic (exact) mass is 258 g/mol. The Bertz CT molecular complexity index is 492. The molecule has 15 heavy (non-hydrogen) atoms. The van der Waals surface area contributed by atoms with Crippen molar-refractivity contribution < 1.29 is 4.79 Å². The summed E-state index contributed by atoms with van der Waals surface area (Å²) >= 11 is 8.37. The van der Waals surface area contributed by atoms with E-state index in [1.807, 2.05) is 6.92 Å². The first-order chi connectivity index (χ1) is 7.24. The number of thiophene rings is 1. The van der Waals surface area contributed by atoms with Crippen LogP contribution in [0.25, 0.3) is 0 Å². The Kier molecular flexibility index (Phi) is 3.14. The Morgan fingerprint density at radius 1 is 1.53 bits per heavy atom. The zero-order chi connectivity index (χ0) is 10.8. The molecular weight excluding hydrogens is 252 g/mol. The van der Waals surface area contributed by atoms with E-state index >= 15 is 0 Å². The first-order valence-corrected chi connectivity index (χ1v) is 6.36. The molecular formula is C9H7ClN2OS2. The average Bonchev–Trinajstić information content (AvgIpc) is 2.84. The number of halogens is 1. The number of carbonyl (C=O) groups excluding carboxylic acids is 1. The van der Waals surface area contributed by atoms with Crippen LogP contribution in [-0.2, 0) is 6.42 Å². The van der Waals surface area contributed by atoms with Crippen LogP contribution in [0.3, 0.4) is 0 Å². The minimum atomic E-state index is -0.0677. The highest BCUT2D eigenvalue weighted by atomic mass is 35.5. The second-order valence-corrected chi connectivity index (χ2v) is 4.91. The van der Waals surface area contributed by atoms with E-state index in [4.69, 9.17) is 11.6 Å². The summed E-state index contributed by atoms with van der Waals surface area (Å²) < 4.78 is 3.79. The van der Waals surface area contributed by atoms with Gasteiger partial charge in [-0.05, 0) is 29.4 Å². The Morgan fingerprint density at radius 2 is 2.33 bits per heavy atom. The molecule has 0 aromatic carbocycles. The standard InChI is InChI=1S/C9H7ClN2OS2/c1-2-6-9(15-12-11-6)7(13)8-5(10)3-4-14-8/h3-4H,2H2,1H3. The summed E-state index contributed by atoms with van der Waals surface area (Å²) in [5.74, 6) is -0.0677. The van der Waals surface area contributed by atoms with Gasteiger partial charge >= 0.3 is 0 Å². The van der Waals surface area contributed by atoms with E-state index in [1.165, 1.54) is 11.3 Å². The molecule has 6 heteroatoms. The van der Waals surface area contributed by atoms with E-state index in [9.17, 15) is 4.79 Å². The summed E-state index contributed by atoms with van der Waals surface area (Å²) in [7, 11) is 0. The fourth-order valence-corrected chi connectivity index (χ4v) is 3.02. The summed E-state index contributed by atoms with van der Waals surface area (Å²) in [6.45, 7) is 1.95. The Labute approximate surface area is 99.9 Å². The van der Waals surface area contributed by atoms with Gasteiger partial charge in [0.05, 0.1) is 15.6 Å². The zero-order valence-corrected chi connectivity index (χ0v) is 10.2. The molecule has 2 rings (SSSR count). The third-order valence-corrected chi connectivity index (χ3v) is 4.03. The van der Waals surface area contributed by atoms with Gasteiger partial charge < -0.3 is 0 Å². The molecule has 3 nitrogen and oxygen atoms in total. The molecule has 0 aliphatic carbocycles. The van der Waals surface area contributed by atoms with Gasteiger partial charge in [-0.1, -0.05) is 23.0 Å². The van der Waals surface area contributed by atoms with Crippen LogP contribution < -0.4 is 0 Å². The minimum Gasteiger partial charge on any atom is -0.287 e. The van der Waals surface area contributed by atoms with Gasteiger partial charge in [-0.15, -0.1) is 16.4 Å². The summed E-state index contributed by atoms with van der Waals surface area (Å²) in [6, 6.07) is 1.72. The topological polar surface area (TPSA) is 42.9 Å². The maximum atomic E-state index is 12.0. The Balaban J connectivity index is 2.41. The lowest BCUT2D eigenvalue weighted by atomic mass is 10.2. The van der Waals surface area contributed by atoms with Gasteiger partial charge in [0.25, 0.3) is 0 Å². The molecule has 0 bridgehead atoms. The van der Waals surface area contributed by atoms with Crippen LogP contribution in [-0.4, -0.2) is 15.4 Å². The van der Waals surface area contributed by atoms with Gasteiger partial charge in [0.2, 0.25) is 5.78 Å². The molecule has 0 atom stereocenters. The van der Waals surface area contributed by atoms with Crippen LogP contribution in [0.15, 0.2) is 11.4 Å². The summed E-state index contributed by atoms with van der Waals surface area (Å²) in [6.07, 6.45) is 0.709. The van der Waals surface area contributed by atoms with Crippen molar-refractivity contribution in [3.8, 4) is 0 Å². The fourth-order valence-electron chi connectivity index (χ4n) is 1.17. The molecule has 0 saturated carbocycles. The smallest absolute Gasteiger partial charge is 0.217 e. The SMILES string of the molecule is CCc1nnsc1C(=O)c1sccc1Cl. The quantitative estimate of drug-likeness (QED) is 0.795. The van der Waals surface area contributed by atoms with Crippen LogP contribution in [0, 0.1) is 0 Å². The van der Waals surface area contributed by atoms with Crippen molar-refractivity contribution in [1.29, 1.82) is 0 Å². The van der Waals surface area contributed by atoms with Crippen molar-refractivity contribution in [3.63, 3.8) is 0 Å². The van der Waals surface area contributed by atoms with Crippen molar-refractivity contribution in [3.05, 3.63) is 31.9 Å². The summed E-state index contributed by atoms with van der Waals surface area (Å²) in [5, 5.41) is 6.21. The lowest BCUT2D eigenvalue weighted by Gasteiger charge is -1.96. The molecule has 0 fully saturated rings. The van der Waals surface area contributed by atoms with Crippen LogP contribution in [0.4, 0.5) is 0 Å². The van der Waals surface area contributed by atoms with E-state index in [0.29, 0.717) is 21.2 Å². The number of hydrogen-bond donors (Lipinski definition) is 0. The van der Waals surface area contributed by atoms with Crippen molar-refractivity contribution in [1.82, 2.24) is 9.59 Å². The molecule has 2 heterocycles. The second-order valence-electron chi connectivity index (χ2n) is 2.83. The van der Waals surface area contributed by atoms with Crippen LogP contribution >= 0.6 is 34.5 Å². The van der Waals surface area contributed by atoms with E-state index in [-0.39, 0.29) is 5.78 Å². The van der Waals surface area contributed by atoms with Gasteiger partial charge in [-0.3, -0.25) is 4.79 Å². The highest BCUT2D eigenvalue weighted by molar-refractivity contribution is 7.15. The predicted molar refractivity (Wildman–Crippen MR) is 62.0 cm³/mol. The lowest BCUT2D eigenvalue weighted by molar-refractivity contribution is 0.104. The molecule has 0 spiro atoms. The largest absolute Gasteiger partial charge is 0.287 e. The van der Waals surface area contributed by atoms with Gasteiger partial charge in [0, 0.05) is 0 Å². The number of rotatable bonds is 3. The van der Waals surface area contributed by atoms with Crippen molar-refractivity contribution in [2.24, 2.45) is 0 Å². The molecule has 2 aromatic heterocycles. The van der Waals surface area contributed by atoms with Gasteiger partial charge in [0.15, 0.2) is 0 Å². The summed E-state index contributed by atoms with van der Waals surface area (Å²) in [4.78, 5) is 13.2. The molecule has 0 unspecified atom stereocenters. The van der Waals surface area contributed by atoms with E-state index < -0.39 is 0 Å². The van der Waals surface area contributed by atoms with Crippen LogP contribution in [0.2, 0.25) is 5.02 Å². The maximum Gasteiger partial charge on any atom is 0.217 e. The number of nitrogens with zero attached hydrogens (tertiary/aromatic N) is 2. The van der Waals surface area contributed by atoms with Crippen LogP contribution in [0.1, 0.15) is 27.2 Å². The Morgan fingerprint density at radius 3 is 2.93 bits per heavy atom. The molecule has 0 saturated heterocycles. The average molecular weight is 259 g/mol. The molecule has 0 aliphatic heterocycles. The van der Waals surface area contributed by atoms with Crippen molar-refractivity contribution in [2.45, 2.75) is 13.3 Å². The van der Waals surface area contributed by atoms with Crippen molar-refractivity contribution in [2.75, 3.05) is 0 Å². The third-order valence-electron chi connectivity index (χ3n) is 1.92. The number of hydrogen-bond acceptors (Lipinski definition) is 5. The van der Waals surface area contributed by atoms with Crippen molar-refractivity contribution >= 4 is 40.3 Å². The Hall–Kier alpha value is -0.780. The minimum absolute atomic E-state index is 0.0677. The zero-order valence-electron chi connectivity index (χ0n) is 7.86. The molecule has 0 N–H and O–H groups in total. The second kappa shape index (κ2) is 4.38. The van der Waals surface area contributed by atoms with Gasteiger partial charge in [-0.2, -0.15) is 0 Å². The van der Waals surface area contributed by atoms with Gasteiger partial charge in [0.1, 0.15) is 4.88 Å². The molecule has 0 aliphatic rings. The normalized spacial score (nSPS) is 10.5. The predicted octanol–water partition coefficient (Wildman–Crippen LogP) is 3.05. The van der Waals surface area contributed by atoms with E-state index in [2.05, 4.69) is 9.59 Å². The third kappa shape index (κ3) is 1.95.